The van der Waals surface area contributed by atoms with Crippen LogP contribution in [0.3, 0.4) is 0 Å². The van der Waals surface area contributed by atoms with Gasteiger partial charge in [-0.05, 0) is 36.5 Å². The summed E-state index contributed by atoms with van der Waals surface area (Å²) in [6.07, 6.45) is 4.61. The molecule has 4 aromatic rings. The highest BCUT2D eigenvalue weighted by molar-refractivity contribution is 6.22. The number of benzene rings is 3. The van der Waals surface area contributed by atoms with Gasteiger partial charge < -0.3 is 0 Å². The molecule has 2 heteroatoms. The van der Waals surface area contributed by atoms with Crippen LogP contribution in [0.5, 0.6) is 0 Å². The minimum absolute atomic E-state index is 1.06. The maximum absolute atomic E-state index is 5.03. The molecule has 1 heterocycles. The Kier molecular flexibility index (Phi) is 2.48. The molecule has 1 aliphatic rings. The van der Waals surface area contributed by atoms with Gasteiger partial charge in [0.05, 0.1) is 22.4 Å². The zero-order chi connectivity index (χ0) is 14.5. The molecule has 2 nitrogen and oxygen atoms in total. The topological polar surface area (TPSA) is 25.8 Å². The quantitative estimate of drug-likeness (QED) is 0.433. The lowest BCUT2D eigenvalue weighted by Gasteiger charge is -2.16. The van der Waals surface area contributed by atoms with Crippen LogP contribution in [-0.4, -0.2) is 9.97 Å². The van der Waals surface area contributed by atoms with Gasteiger partial charge in [-0.3, -0.25) is 0 Å². The van der Waals surface area contributed by atoms with Crippen LogP contribution in [0.4, 0.5) is 0 Å². The van der Waals surface area contributed by atoms with E-state index in [0.717, 1.165) is 23.9 Å². The van der Waals surface area contributed by atoms with Crippen LogP contribution in [0, 0.1) is 0 Å². The fourth-order valence-electron chi connectivity index (χ4n) is 3.71. The van der Waals surface area contributed by atoms with E-state index in [-0.39, 0.29) is 0 Å². The van der Waals surface area contributed by atoms with Gasteiger partial charge in [-0.25, -0.2) is 9.97 Å². The summed E-state index contributed by atoms with van der Waals surface area (Å²) in [6.45, 7) is 0. The van der Waals surface area contributed by atoms with Crippen molar-refractivity contribution in [3.8, 4) is 0 Å². The van der Waals surface area contributed by atoms with Crippen molar-refractivity contribution in [2.75, 3.05) is 0 Å². The van der Waals surface area contributed by atoms with E-state index in [2.05, 4.69) is 48.5 Å². The second-order valence-corrected chi connectivity index (χ2v) is 6.11. The highest BCUT2D eigenvalue weighted by Gasteiger charge is 2.16. The van der Waals surface area contributed by atoms with Crippen molar-refractivity contribution in [2.45, 2.75) is 25.7 Å². The van der Waals surface area contributed by atoms with E-state index in [9.17, 15) is 0 Å². The summed E-state index contributed by atoms with van der Waals surface area (Å²) in [6, 6.07) is 17.1. The Morgan fingerprint density at radius 2 is 0.955 bits per heavy atom. The summed E-state index contributed by atoms with van der Waals surface area (Å²) in [4.78, 5) is 10.1. The van der Waals surface area contributed by atoms with Crippen LogP contribution in [0.1, 0.15) is 24.2 Å². The molecule has 0 N–H and O–H groups in total. The molecule has 106 valence electrons. The van der Waals surface area contributed by atoms with Gasteiger partial charge in [0.1, 0.15) is 0 Å². The zero-order valence-electron chi connectivity index (χ0n) is 12.3. The molecule has 5 rings (SSSR count). The Morgan fingerprint density at radius 1 is 0.545 bits per heavy atom. The number of aryl methyl sites for hydroxylation is 2. The summed E-state index contributed by atoms with van der Waals surface area (Å²) in [5.41, 5.74) is 4.54. The van der Waals surface area contributed by atoms with E-state index in [4.69, 9.17) is 9.97 Å². The SMILES string of the molecule is c1ccc2c(c1)c1ccccc1c1nc3c(nc21)CCCC3. The number of fused-ring (bicyclic) bond motifs is 7. The predicted molar refractivity (Wildman–Crippen MR) is 91.2 cm³/mol. The Balaban J connectivity index is 2.06. The molecule has 0 atom stereocenters. The monoisotopic (exact) mass is 284 g/mol. The lowest BCUT2D eigenvalue weighted by molar-refractivity contribution is 0.655. The average Bonchev–Trinajstić information content (AvgIpc) is 2.61. The second-order valence-electron chi connectivity index (χ2n) is 6.11. The first-order valence-corrected chi connectivity index (χ1v) is 8.01. The number of hydrogen-bond acceptors (Lipinski definition) is 2. The molecule has 0 spiro atoms. The third-order valence-corrected chi connectivity index (χ3v) is 4.78. The van der Waals surface area contributed by atoms with Crippen molar-refractivity contribution in [2.24, 2.45) is 0 Å². The van der Waals surface area contributed by atoms with Crippen molar-refractivity contribution in [3.05, 3.63) is 59.9 Å². The van der Waals surface area contributed by atoms with Crippen LogP contribution in [0.25, 0.3) is 32.6 Å². The fraction of sp³-hybridized carbons (Fsp3) is 0.200. The van der Waals surface area contributed by atoms with Gasteiger partial charge >= 0.3 is 0 Å². The van der Waals surface area contributed by atoms with Gasteiger partial charge in [-0.1, -0.05) is 48.5 Å². The summed E-state index contributed by atoms with van der Waals surface area (Å²) in [5, 5.41) is 4.99. The van der Waals surface area contributed by atoms with E-state index in [1.165, 1.54) is 45.8 Å². The van der Waals surface area contributed by atoms with Crippen LogP contribution >= 0.6 is 0 Å². The number of aromatic nitrogens is 2. The van der Waals surface area contributed by atoms with Gasteiger partial charge in [0.25, 0.3) is 0 Å². The average molecular weight is 284 g/mol. The Labute approximate surface area is 128 Å². The number of rotatable bonds is 0. The molecule has 3 aromatic carbocycles. The lowest BCUT2D eigenvalue weighted by atomic mass is 9.97. The first-order valence-electron chi connectivity index (χ1n) is 8.01. The number of hydrogen-bond donors (Lipinski definition) is 0. The summed E-state index contributed by atoms with van der Waals surface area (Å²) < 4.78 is 0. The van der Waals surface area contributed by atoms with Gasteiger partial charge in [0, 0.05) is 10.8 Å². The molecule has 0 aliphatic heterocycles. The van der Waals surface area contributed by atoms with Crippen molar-refractivity contribution in [1.29, 1.82) is 0 Å². The maximum atomic E-state index is 5.03. The molecule has 0 bridgehead atoms. The van der Waals surface area contributed by atoms with Gasteiger partial charge in [0.2, 0.25) is 0 Å². The summed E-state index contributed by atoms with van der Waals surface area (Å²) in [7, 11) is 0. The Bertz CT molecular complexity index is 950. The van der Waals surface area contributed by atoms with Gasteiger partial charge in [0.15, 0.2) is 0 Å². The van der Waals surface area contributed by atoms with Crippen LogP contribution in [0.15, 0.2) is 48.5 Å². The van der Waals surface area contributed by atoms with E-state index in [1.54, 1.807) is 0 Å². The molecule has 1 aromatic heterocycles. The molecule has 0 radical (unpaired) electrons. The molecule has 0 fully saturated rings. The van der Waals surface area contributed by atoms with Crippen molar-refractivity contribution < 1.29 is 0 Å². The van der Waals surface area contributed by atoms with Crippen LogP contribution in [0.2, 0.25) is 0 Å². The standard InChI is InChI=1S/C20H16N2/c1-3-9-15-13(7-1)14-8-2-4-10-16(14)20-19(15)21-17-11-5-6-12-18(17)22-20/h1-4,7-10H,5-6,11-12H2. The third-order valence-electron chi connectivity index (χ3n) is 4.78. The van der Waals surface area contributed by atoms with E-state index in [1.807, 2.05) is 0 Å². The summed E-state index contributed by atoms with van der Waals surface area (Å²) in [5.74, 6) is 0. The first-order chi connectivity index (χ1) is 10.9. The molecule has 0 saturated heterocycles. The molecule has 1 aliphatic carbocycles. The minimum atomic E-state index is 1.06. The van der Waals surface area contributed by atoms with Crippen molar-refractivity contribution in [3.63, 3.8) is 0 Å². The minimum Gasteiger partial charge on any atom is -0.249 e. The largest absolute Gasteiger partial charge is 0.249 e. The van der Waals surface area contributed by atoms with Crippen LogP contribution < -0.4 is 0 Å². The van der Waals surface area contributed by atoms with E-state index < -0.39 is 0 Å². The predicted octanol–water partition coefficient (Wildman–Crippen LogP) is 4.82. The lowest BCUT2D eigenvalue weighted by Crippen LogP contribution is -2.08. The number of nitrogens with zero attached hydrogens (tertiary/aromatic N) is 2. The van der Waals surface area contributed by atoms with E-state index in [0.29, 0.717) is 0 Å². The molecular weight excluding hydrogens is 268 g/mol. The fourth-order valence-corrected chi connectivity index (χ4v) is 3.71. The summed E-state index contributed by atoms with van der Waals surface area (Å²) >= 11 is 0. The molecule has 0 unspecified atom stereocenters. The van der Waals surface area contributed by atoms with Crippen molar-refractivity contribution >= 4 is 32.6 Å². The maximum Gasteiger partial charge on any atom is 0.0975 e. The van der Waals surface area contributed by atoms with Gasteiger partial charge in [-0.15, -0.1) is 0 Å². The highest BCUT2D eigenvalue weighted by Crippen LogP contribution is 2.34. The molecule has 22 heavy (non-hydrogen) atoms. The Morgan fingerprint density at radius 3 is 1.41 bits per heavy atom. The highest BCUT2D eigenvalue weighted by atomic mass is 14.8. The first kappa shape index (κ1) is 12.1. The molecular formula is C20H16N2. The second kappa shape index (κ2) is 4.51. The van der Waals surface area contributed by atoms with Crippen molar-refractivity contribution in [1.82, 2.24) is 9.97 Å². The molecule has 0 amide bonds. The smallest absolute Gasteiger partial charge is 0.0975 e. The third kappa shape index (κ3) is 1.61. The van der Waals surface area contributed by atoms with Crippen LogP contribution in [-0.2, 0) is 12.8 Å². The Hall–Kier alpha value is -2.48. The van der Waals surface area contributed by atoms with Gasteiger partial charge in [-0.2, -0.15) is 0 Å². The van der Waals surface area contributed by atoms with E-state index >= 15 is 0 Å². The normalized spacial score (nSPS) is 14.5. The molecule has 0 saturated carbocycles. The zero-order valence-corrected chi connectivity index (χ0v) is 12.3.